The van der Waals surface area contributed by atoms with Gasteiger partial charge in [-0.05, 0) is 48.4 Å². The van der Waals surface area contributed by atoms with Gasteiger partial charge in [0.2, 0.25) is 0 Å². The molecule has 2 aliphatic rings. The van der Waals surface area contributed by atoms with Crippen LogP contribution < -0.4 is 11.2 Å². The summed E-state index contributed by atoms with van der Waals surface area (Å²) in [4.78, 5) is 76.0. The first-order valence-electron chi connectivity index (χ1n) is 13.8. The third-order valence-corrected chi connectivity index (χ3v) is 7.90. The second-order valence-electron chi connectivity index (χ2n) is 10.4. The molecule has 13 nitrogen and oxygen atoms in total. The molecule has 3 aromatic carbocycles. The number of oxime groups is 1. The van der Waals surface area contributed by atoms with Gasteiger partial charge in [0.25, 0.3) is 5.56 Å². The summed E-state index contributed by atoms with van der Waals surface area (Å²) in [5.41, 5.74) is 0.173. The molecule has 0 spiro atoms. The minimum Gasteiger partial charge on any atom is -0.459 e. The Kier molecular flexibility index (Phi) is 7.84. The fourth-order valence-electron chi connectivity index (χ4n) is 5.82. The molecule has 2 N–H and O–H groups in total. The van der Waals surface area contributed by atoms with Crippen LogP contribution >= 0.6 is 0 Å². The molecule has 0 amide bonds. The number of rotatable bonds is 7. The Bertz CT molecular complexity index is 1930. The molecule has 1 saturated heterocycles. The lowest BCUT2D eigenvalue weighted by molar-refractivity contribution is -0.187. The quantitative estimate of drug-likeness (QED) is 0.104. The molecule has 4 atom stereocenters. The molecule has 0 radical (unpaired) electrons. The fourth-order valence-corrected chi connectivity index (χ4v) is 5.82. The lowest BCUT2D eigenvalue weighted by Gasteiger charge is -2.23. The average Bonchev–Trinajstić information content (AvgIpc) is 3.57. The monoisotopic (exact) mass is 611 g/mol. The predicted octanol–water partition coefficient (Wildman–Crippen LogP) is 3.22. The summed E-state index contributed by atoms with van der Waals surface area (Å²) in [7, 11) is 0. The highest BCUT2D eigenvalue weighted by molar-refractivity contribution is 5.94. The number of ether oxygens (including phenoxy) is 2. The van der Waals surface area contributed by atoms with Crippen molar-refractivity contribution in [1.29, 1.82) is 0 Å². The van der Waals surface area contributed by atoms with Crippen molar-refractivity contribution >= 4 is 24.1 Å². The molecule has 1 fully saturated rings. The number of esters is 1. The number of fused-ring (bicyclic) bond motifs is 5. The third-order valence-electron chi connectivity index (χ3n) is 7.90. The SMILES string of the molecule is Cc1c(/C=N/O)n([C@@H]2O[C@@H](COC(=O)c3ccccc3)[C@H]3c4ccc(C(=O)OOC(=O)c5ccccc5)c(c4)[C@@H]32)c(=O)[nH]c1=O. The fraction of sp³-hybridized carbons (Fsp3) is 0.188. The zero-order chi connectivity index (χ0) is 31.7. The van der Waals surface area contributed by atoms with Crippen molar-refractivity contribution in [2.24, 2.45) is 5.16 Å². The number of hydrogen-bond acceptors (Lipinski definition) is 11. The molecule has 2 heterocycles. The molecule has 45 heavy (non-hydrogen) atoms. The van der Waals surface area contributed by atoms with E-state index >= 15 is 0 Å². The average molecular weight is 612 g/mol. The largest absolute Gasteiger partial charge is 0.459 e. The zero-order valence-corrected chi connectivity index (χ0v) is 23.6. The Balaban J connectivity index is 1.35. The van der Waals surface area contributed by atoms with Crippen molar-refractivity contribution in [2.45, 2.75) is 31.1 Å². The highest BCUT2D eigenvalue weighted by atomic mass is 17.2. The van der Waals surface area contributed by atoms with Crippen LogP contribution in [0.5, 0.6) is 0 Å². The van der Waals surface area contributed by atoms with Crippen LogP contribution in [-0.2, 0) is 19.2 Å². The number of aromatic amines is 1. The topological polar surface area (TPSA) is 176 Å². The maximum Gasteiger partial charge on any atom is 0.386 e. The van der Waals surface area contributed by atoms with Crippen molar-refractivity contribution in [3.8, 4) is 0 Å². The summed E-state index contributed by atoms with van der Waals surface area (Å²) >= 11 is 0. The first-order chi connectivity index (χ1) is 21.8. The van der Waals surface area contributed by atoms with E-state index in [1.54, 1.807) is 60.7 Å². The number of nitrogens with one attached hydrogen (secondary N) is 1. The molecule has 0 saturated carbocycles. The Hall–Kier alpha value is -5.82. The summed E-state index contributed by atoms with van der Waals surface area (Å²) in [6.07, 6.45) is -1.02. The Morgan fingerprint density at radius 3 is 2.22 bits per heavy atom. The second-order valence-corrected chi connectivity index (χ2v) is 10.4. The highest BCUT2D eigenvalue weighted by Crippen LogP contribution is 2.56. The summed E-state index contributed by atoms with van der Waals surface area (Å²) in [6.45, 7) is 1.23. The number of carbonyl (C=O) groups is 3. The first-order valence-corrected chi connectivity index (χ1v) is 13.8. The minimum atomic E-state index is -1.16. The zero-order valence-electron chi connectivity index (χ0n) is 23.6. The van der Waals surface area contributed by atoms with Crippen LogP contribution in [0.15, 0.2) is 93.6 Å². The van der Waals surface area contributed by atoms with Gasteiger partial charge >= 0.3 is 23.6 Å². The maximum atomic E-state index is 13.2. The van der Waals surface area contributed by atoms with Gasteiger partial charge in [-0.2, -0.15) is 0 Å². The Morgan fingerprint density at radius 1 is 0.911 bits per heavy atom. The second kappa shape index (κ2) is 12.1. The molecule has 228 valence electrons. The molecule has 1 aliphatic carbocycles. The lowest BCUT2D eigenvalue weighted by Crippen LogP contribution is -2.38. The van der Waals surface area contributed by atoms with Gasteiger partial charge in [0, 0.05) is 17.4 Å². The van der Waals surface area contributed by atoms with E-state index in [0.29, 0.717) is 11.1 Å². The van der Waals surface area contributed by atoms with Crippen LogP contribution in [0.1, 0.15) is 71.5 Å². The van der Waals surface area contributed by atoms with Crippen molar-refractivity contribution in [3.05, 3.63) is 139 Å². The molecule has 1 aliphatic heterocycles. The Labute approximate surface area is 254 Å². The van der Waals surface area contributed by atoms with E-state index < -0.39 is 53.3 Å². The number of hydrogen-bond donors (Lipinski definition) is 2. The number of carbonyl (C=O) groups excluding carboxylic acids is 3. The summed E-state index contributed by atoms with van der Waals surface area (Å²) in [5, 5.41) is 12.4. The van der Waals surface area contributed by atoms with Gasteiger partial charge in [0.1, 0.15) is 18.9 Å². The number of benzene rings is 3. The van der Waals surface area contributed by atoms with Crippen molar-refractivity contribution < 1.29 is 38.8 Å². The highest BCUT2D eigenvalue weighted by Gasteiger charge is 2.52. The van der Waals surface area contributed by atoms with Gasteiger partial charge in [-0.15, -0.1) is 0 Å². The van der Waals surface area contributed by atoms with Gasteiger partial charge in [0.15, 0.2) is 0 Å². The van der Waals surface area contributed by atoms with Gasteiger partial charge in [0.05, 0.1) is 28.6 Å². The molecule has 2 bridgehead atoms. The van der Waals surface area contributed by atoms with E-state index in [9.17, 15) is 29.2 Å². The van der Waals surface area contributed by atoms with Crippen molar-refractivity contribution in [2.75, 3.05) is 6.61 Å². The molecule has 4 aromatic rings. The lowest BCUT2D eigenvalue weighted by atomic mass is 9.87. The van der Waals surface area contributed by atoms with E-state index in [1.807, 2.05) is 0 Å². The van der Waals surface area contributed by atoms with E-state index in [-0.39, 0.29) is 29.0 Å². The smallest absolute Gasteiger partial charge is 0.386 e. The van der Waals surface area contributed by atoms with E-state index in [4.69, 9.17) is 19.2 Å². The molecule has 6 rings (SSSR count). The van der Waals surface area contributed by atoms with Crippen molar-refractivity contribution in [1.82, 2.24) is 9.55 Å². The maximum absolute atomic E-state index is 13.2. The standard InChI is InChI=1S/C32H25N3O10/c1-17-23(15-33-41)35(32(40)34-27(17)36)28-26-22-14-20(25(26)24(43-28)16-42-29(37)18-8-4-2-5-9-18)12-13-21(22)31(39)45-44-30(38)19-10-6-3-7-11-19/h2-15,24-26,28,41H,16H2,1H3,(H,34,36,40)/b33-15+/t24-,25+,26-,28+/m0/s1. The van der Waals surface area contributed by atoms with E-state index in [2.05, 4.69) is 10.1 Å². The van der Waals surface area contributed by atoms with Crippen LogP contribution in [0.25, 0.3) is 0 Å². The minimum absolute atomic E-state index is 0.0298. The van der Waals surface area contributed by atoms with E-state index in [1.165, 1.54) is 25.1 Å². The summed E-state index contributed by atoms with van der Waals surface area (Å²) in [5.74, 6) is -3.68. The molecule has 1 aromatic heterocycles. The van der Waals surface area contributed by atoms with E-state index in [0.717, 1.165) is 16.3 Å². The van der Waals surface area contributed by atoms with Crippen LogP contribution in [0.2, 0.25) is 0 Å². The van der Waals surface area contributed by atoms with Crippen LogP contribution in [-0.4, -0.2) is 51.6 Å². The van der Waals surface area contributed by atoms with Crippen molar-refractivity contribution in [3.63, 3.8) is 0 Å². The molecule has 0 unspecified atom stereocenters. The van der Waals surface area contributed by atoms with Gasteiger partial charge in [-0.1, -0.05) is 53.7 Å². The summed E-state index contributed by atoms with van der Waals surface area (Å²) < 4.78 is 13.1. The molecular weight excluding hydrogens is 586 g/mol. The van der Waals surface area contributed by atoms with Crippen LogP contribution in [0, 0.1) is 6.92 Å². The number of aromatic nitrogens is 2. The Morgan fingerprint density at radius 2 is 1.56 bits per heavy atom. The van der Waals surface area contributed by atoms with Crippen LogP contribution in [0.4, 0.5) is 0 Å². The number of nitrogens with zero attached hydrogens (tertiary/aromatic N) is 2. The molecular formula is C32H25N3O10. The predicted molar refractivity (Wildman–Crippen MR) is 155 cm³/mol. The normalized spacial score (nSPS) is 19.7. The summed E-state index contributed by atoms with van der Waals surface area (Å²) in [6, 6.07) is 21.2. The third kappa shape index (κ3) is 5.40. The van der Waals surface area contributed by atoms with Gasteiger partial charge in [-0.3, -0.25) is 14.3 Å². The number of H-pyrrole nitrogens is 1. The van der Waals surface area contributed by atoms with Gasteiger partial charge < -0.3 is 14.7 Å². The van der Waals surface area contributed by atoms with Gasteiger partial charge in [-0.25, -0.2) is 29.0 Å². The molecule has 13 heteroatoms. The first kappa shape index (κ1) is 29.3. The van der Waals surface area contributed by atoms with Crippen LogP contribution in [0.3, 0.4) is 0 Å².